The Morgan fingerprint density at radius 1 is 1.39 bits per heavy atom. The van der Waals surface area contributed by atoms with Crippen molar-refractivity contribution in [3.05, 3.63) is 35.1 Å². The van der Waals surface area contributed by atoms with Gasteiger partial charge >= 0.3 is 0 Å². The molecule has 0 aliphatic carbocycles. The fourth-order valence-electron chi connectivity index (χ4n) is 3.08. The molecule has 0 radical (unpaired) electrons. The minimum Gasteiger partial charge on any atom is -0.491 e. The molecule has 0 N–H and O–H groups in total. The Hall–Kier alpha value is -1.81. The van der Waals surface area contributed by atoms with Gasteiger partial charge in [0.2, 0.25) is 5.91 Å². The number of likely N-dealkylation sites (N-methyl/N-ethyl adjacent to an activating group) is 1. The lowest BCUT2D eigenvalue weighted by molar-refractivity contribution is -0.127. The summed E-state index contributed by atoms with van der Waals surface area (Å²) < 4.78 is 6.02. The summed E-state index contributed by atoms with van der Waals surface area (Å²) in [5.41, 5.74) is 1.23. The van der Waals surface area contributed by atoms with E-state index >= 15 is 0 Å². The van der Waals surface area contributed by atoms with E-state index in [0.717, 1.165) is 22.9 Å². The molecule has 1 aliphatic heterocycles. The molecule has 3 rings (SSSR count). The van der Waals surface area contributed by atoms with Gasteiger partial charge in [-0.25, -0.2) is 4.98 Å². The van der Waals surface area contributed by atoms with Gasteiger partial charge in [-0.2, -0.15) is 0 Å². The van der Waals surface area contributed by atoms with Crippen LogP contribution in [0.2, 0.25) is 5.15 Å². The second kappa shape index (κ2) is 6.36. The molecular formula is C18H21ClN2O2. The van der Waals surface area contributed by atoms with Crippen molar-refractivity contribution >= 4 is 28.3 Å². The normalized spacial score (nSPS) is 18.2. The number of aromatic nitrogens is 1. The van der Waals surface area contributed by atoms with Crippen molar-refractivity contribution in [1.29, 1.82) is 0 Å². The highest BCUT2D eigenvalue weighted by Crippen LogP contribution is 2.33. The summed E-state index contributed by atoms with van der Waals surface area (Å²) in [6.07, 6.45) is 3.22. The third-order valence-corrected chi connectivity index (χ3v) is 4.75. The van der Waals surface area contributed by atoms with E-state index in [0.29, 0.717) is 24.1 Å². The number of amides is 1. The number of nitrogens with zero attached hydrogens (tertiary/aromatic N) is 2. The highest BCUT2D eigenvalue weighted by atomic mass is 35.5. The number of hydrogen-bond donors (Lipinski definition) is 0. The number of rotatable bonds is 4. The van der Waals surface area contributed by atoms with Gasteiger partial charge in [0.25, 0.3) is 0 Å². The van der Waals surface area contributed by atoms with Crippen LogP contribution in [-0.4, -0.2) is 35.5 Å². The van der Waals surface area contributed by atoms with E-state index in [1.165, 1.54) is 5.56 Å². The summed E-state index contributed by atoms with van der Waals surface area (Å²) in [6, 6.07) is 6.11. The topological polar surface area (TPSA) is 42.4 Å². The van der Waals surface area contributed by atoms with E-state index in [2.05, 4.69) is 24.9 Å². The van der Waals surface area contributed by atoms with Crippen LogP contribution in [0.4, 0.5) is 0 Å². The van der Waals surface area contributed by atoms with Crippen LogP contribution in [0, 0.1) is 0 Å². The fraction of sp³-hybridized carbons (Fsp3) is 0.444. The molecule has 2 aromatic rings. The lowest BCUT2D eigenvalue weighted by Crippen LogP contribution is -2.33. The number of ether oxygens (including phenoxy) is 1. The molecule has 1 saturated heterocycles. The summed E-state index contributed by atoms with van der Waals surface area (Å²) in [4.78, 5) is 17.6. The molecule has 1 unspecified atom stereocenters. The largest absolute Gasteiger partial charge is 0.491 e. The van der Waals surface area contributed by atoms with Gasteiger partial charge in [0.1, 0.15) is 17.5 Å². The first-order valence-electron chi connectivity index (χ1n) is 7.94. The van der Waals surface area contributed by atoms with Crippen molar-refractivity contribution in [2.45, 2.75) is 38.6 Å². The lowest BCUT2D eigenvalue weighted by Gasteiger charge is -2.21. The maximum atomic E-state index is 11.6. The summed E-state index contributed by atoms with van der Waals surface area (Å²) >= 11 is 6.07. The number of likely N-dealkylation sites (tertiary alicyclic amines) is 1. The van der Waals surface area contributed by atoms with Crippen LogP contribution in [0.3, 0.4) is 0 Å². The average molecular weight is 333 g/mol. The van der Waals surface area contributed by atoms with Gasteiger partial charge in [-0.05, 0) is 35.4 Å². The van der Waals surface area contributed by atoms with Crippen LogP contribution in [0.5, 0.6) is 5.75 Å². The predicted octanol–water partition coefficient (Wildman–Crippen LogP) is 4.01. The van der Waals surface area contributed by atoms with Crippen molar-refractivity contribution in [1.82, 2.24) is 9.88 Å². The van der Waals surface area contributed by atoms with Gasteiger partial charge < -0.3 is 9.64 Å². The molecule has 122 valence electrons. The summed E-state index contributed by atoms with van der Waals surface area (Å²) in [5, 5.41) is 2.53. The second-order valence-electron chi connectivity index (χ2n) is 6.37. The van der Waals surface area contributed by atoms with E-state index in [9.17, 15) is 4.79 Å². The first-order chi connectivity index (χ1) is 11.0. The number of pyridine rings is 1. The van der Waals surface area contributed by atoms with Crippen molar-refractivity contribution in [2.24, 2.45) is 0 Å². The van der Waals surface area contributed by atoms with Crippen LogP contribution >= 0.6 is 11.6 Å². The Bertz CT molecular complexity index is 745. The predicted molar refractivity (Wildman–Crippen MR) is 92.1 cm³/mol. The number of fused-ring (bicyclic) bond motifs is 1. The molecule has 1 aliphatic rings. The zero-order valence-electron chi connectivity index (χ0n) is 13.7. The highest BCUT2D eigenvalue weighted by molar-refractivity contribution is 6.30. The Labute approximate surface area is 141 Å². The Balaban J connectivity index is 1.90. The van der Waals surface area contributed by atoms with Gasteiger partial charge in [0.05, 0.1) is 6.04 Å². The Morgan fingerprint density at radius 3 is 2.83 bits per heavy atom. The van der Waals surface area contributed by atoms with Crippen molar-refractivity contribution in [2.75, 3.05) is 13.7 Å². The SMILES string of the molecule is CC(C)c1ccc(OCC2CCC(=O)N2C)c2cnc(Cl)cc12. The molecule has 0 bridgehead atoms. The van der Waals surface area contributed by atoms with Gasteiger partial charge in [-0.3, -0.25) is 4.79 Å². The van der Waals surface area contributed by atoms with Crippen LogP contribution < -0.4 is 4.74 Å². The summed E-state index contributed by atoms with van der Waals surface area (Å²) in [7, 11) is 1.84. The molecule has 1 atom stereocenters. The zero-order valence-corrected chi connectivity index (χ0v) is 14.4. The third-order valence-electron chi connectivity index (χ3n) is 4.55. The monoisotopic (exact) mass is 332 g/mol. The molecule has 5 heteroatoms. The summed E-state index contributed by atoms with van der Waals surface area (Å²) in [6.45, 7) is 4.81. The molecular weight excluding hydrogens is 312 g/mol. The highest BCUT2D eigenvalue weighted by Gasteiger charge is 2.28. The molecule has 4 nitrogen and oxygen atoms in total. The maximum Gasteiger partial charge on any atom is 0.222 e. The van der Waals surface area contributed by atoms with Gasteiger partial charge in [-0.15, -0.1) is 0 Å². The molecule has 1 aromatic carbocycles. The fourth-order valence-corrected chi connectivity index (χ4v) is 3.24. The molecule has 0 saturated carbocycles. The smallest absolute Gasteiger partial charge is 0.222 e. The number of carbonyl (C=O) groups is 1. The number of benzene rings is 1. The molecule has 0 spiro atoms. The molecule has 1 fully saturated rings. The van der Waals surface area contributed by atoms with Crippen LogP contribution in [0.15, 0.2) is 24.4 Å². The lowest BCUT2D eigenvalue weighted by atomic mass is 9.97. The van der Waals surface area contributed by atoms with Crippen molar-refractivity contribution < 1.29 is 9.53 Å². The average Bonchev–Trinajstić information content (AvgIpc) is 2.83. The van der Waals surface area contributed by atoms with E-state index in [1.54, 1.807) is 11.1 Å². The van der Waals surface area contributed by atoms with Crippen molar-refractivity contribution in [3.8, 4) is 5.75 Å². The minimum atomic E-state index is 0.141. The first kappa shape index (κ1) is 16.1. The number of carbonyl (C=O) groups excluding carboxylic acids is 1. The van der Waals surface area contributed by atoms with E-state index < -0.39 is 0 Å². The number of halogens is 1. The minimum absolute atomic E-state index is 0.141. The van der Waals surface area contributed by atoms with E-state index in [-0.39, 0.29) is 11.9 Å². The van der Waals surface area contributed by atoms with Crippen LogP contribution in [0.1, 0.15) is 38.2 Å². The first-order valence-corrected chi connectivity index (χ1v) is 8.31. The van der Waals surface area contributed by atoms with Crippen molar-refractivity contribution in [3.63, 3.8) is 0 Å². The second-order valence-corrected chi connectivity index (χ2v) is 6.76. The summed E-state index contributed by atoms with van der Waals surface area (Å²) in [5.74, 6) is 1.37. The van der Waals surface area contributed by atoms with Crippen LogP contribution in [0.25, 0.3) is 10.8 Å². The Morgan fingerprint density at radius 2 is 2.17 bits per heavy atom. The van der Waals surface area contributed by atoms with Gasteiger partial charge in [0, 0.05) is 25.1 Å². The van der Waals surface area contributed by atoms with Gasteiger partial charge in [0.15, 0.2) is 0 Å². The quantitative estimate of drug-likeness (QED) is 0.794. The van der Waals surface area contributed by atoms with Crippen LogP contribution in [-0.2, 0) is 4.79 Å². The van der Waals surface area contributed by atoms with Gasteiger partial charge in [-0.1, -0.05) is 31.5 Å². The third kappa shape index (κ3) is 3.13. The number of hydrogen-bond acceptors (Lipinski definition) is 3. The molecule has 1 amide bonds. The molecule has 23 heavy (non-hydrogen) atoms. The maximum absolute atomic E-state index is 11.6. The molecule has 1 aromatic heterocycles. The zero-order chi connectivity index (χ0) is 16.6. The molecule has 2 heterocycles. The van der Waals surface area contributed by atoms with E-state index in [1.807, 2.05) is 19.2 Å². The standard InChI is InChI=1S/C18H21ClN2O2/c1-11(2)13-5-6-16(15-9-20-17(19)8-14(13)15)23-10-12-4-7-18(22)21(12)3/h5-6,8-9,11-12H,4,7,10H2,1-3H3. The Kier molecular flexibility index (Phi) is 4.44. The van der Waals surface area contributed by atoms with E-state index in [4.69, 9.17) is 16.3 Å².